The second kappa shape index (κ2) is 8.03. The van der Waals surface area contributed by atoms with Crippen molar-refractivity contribution in [2.24, 2.45) is 0 Å². The Balaban J connectivity index is 2.09. The van der Waals surface area contributed by atoms with E-state index in [1.807, 2.05) is 0 Å². The summed E-state index contributed by atoms with van der Waals surface area (Å²) in [5.41, 5.74) is 0. The molecule has 0 radical (unpaired) electrons. The van der Waals surface area contributed by atoms with Crippen LogP contribution in [0.5, 0.6) is 0 Å². The van der Waals surface area contributed by atoms with E-state index in [4.69, 9.17) is 28.3 Å². The van der Waals surface area contributed by atoms with Crippen LogP contribution in [0.15, 0.2) is 6.07 Å². The van der Waals surface area contributed by atoms with Gasteiger partial charge in [-0.05, 0) is 12.5 Å². The molecule has 1 saturated heterocycles. The summed E-state index contributed by atoms with van der Waals surface area (Å²) in [5.74, 6) is 1.47. The van der Waals surface area contributed by atoms with Crippen LogP contribution in [0.4, 0.5) is 11.6 Å². The number of anilines is 2. The number of aliphatic hydroxyl groups is 1. The molecule has 0 unspecified atom stereocenters. The van der Waals surface area contributed by atoms with E-state index in [0.717, 1.165) is 51.5 Å². The van der Waals surface area contributed by atoms with Gasteiger partial charge in [0.2, 0.25) is 0 Å². The van der Waals surface area contributed by atoms with Crippen molar-refractivity contribution in [3.8, 4) is 0 Å². The molecule has 2 rings (SSSR count). The summed E-state index contributed by atoms with van der Waals surface area (Å²) >= 11 is 12.5. The fourth-order valence-corrected chi connectivity index (χ4v) is 2.92. The van der Waals surface area contributed by atoms with Crippen LogP contribution in [0, 0.1) is 0 Å². The standard InChI is InChI=1S/C14H22Cl2N4O/c1-2-3-17-13-11(15)10-12(16)14(18-13)20-6-4-19(5-7-20)8-9-21/h10,21H,2-9H2,1H3,(H,17,18). The molecule has 0 amide bonds. The smallest absolute Gasteiger partial charge is 0.150 e. The largest absolute Gasteiger partial charge is 0.395 e. The highest BCUT2D eigenvalue weighted by Gasteiger charge is 2.21. The van der Waals surface area contributed by atoms with Gasteiger partial charge in [-0.15, -0.1) is 0 Å². The van der Waals surface area contributed by atoms with Gasteiger partial charge in [0.15, 0.2) is 0 Å². The maximum absolute atomic E-state index is 8.98. The third kappa shape index (κ3) is 4.36. The molecule has 5 nitrogen and oxygen atoms in total. The first kappa shape index (κ1) is 16.6. The Bertz CT molecular complexity index is 465. The Hall–Kier alpha value is -0.750. The Morgan fingerprint density at radius 3 is 2.57 bits per heavy atom. The van der Waals surface area contributed by atoms with E-state index in [9.17, 15) is 0 Å². The predicted octanol–water partition coefficient (Wildman–Crippen LogP) is 2.32. The lowest BCUT2D eigenvalue weighted by atomic mass is 10.3. The van der Waals surface area contributed by atoms with Crippen LogP contribution in [0.2, 0.25) is 10.0 Å². The number of halogens is 2. The molecule has 1 fully saturated rings. The SMILES string of the molecule is CCCNc1nc(N2CCN(CCO)CC2)c(Cl)cc1Cl. The molecular formula is C14H22Cl2N4O. The highest BCUT2D eigenvalue weighted by molar-refractivity contribution is 6.37. The van der Waals surface area contributed by atoms with Crippen molar-refractivity contribution in [2.75, 3.05) is 56.1 Å². The van der Waals surface area contributed by atoms with Gasteiger partial charge in [0.25, 0.3) is 0 Å². The van der Waals surface area contributed by atoms with E-state index in [0.29, 0.717) is 15.9 Å². The van der Waals surface area contributed by atoms with Gasteiger partial charge in [-0.2, -0.15) is 0 Å². The quantitative estimate of drug-likeness (QED) is 0.837. The first-order valence-corrected chi connectivity index (χ1v) is 8.09. The van der Waals surface area contributed by atoms with Crippen molar-refractivity contribution in [1.29, 1.82) is 0 Å². The van der Waals surface area contributed by atoms with E-state index in [-0.39, 0.29) is 6.61 Å². The summed E-state index contributed by atoms with van der Waals surface area (Å²) in [4.78, 5) is 8.99. The number of piperazine rings is 1. The van der Waals surface area contributed by atoms with Crippen molar-refractivity contribution >= 4 is 34.8 Å². The van der Waals surface area contributed by atoms with Crippen LogP contribution >= 0.6 is 23.2 Å². The van der Waals surface area contributed by atoms with Crippen LogP contribution < -0.4 is 10.2 Å². The minimum Gasteiger partial charge on any atom is -0.395 e. The second-order valence-corrected chi connectivity index (χ2v) is 5.92. The Morgan fingerprint density at radius 1 is 1.24 bits per heavy atom. The molecule has 0 atom stereocenters. The van der Waals surface area contributed by atoms with E-state index >= 15 is 0 Å². The first-order valence-electron chi connectivity index (χ1n) is 7.33. The fraction of sp³-hybridized carbons (Fsp3) is 0.643. The van der Waals surface area contributed by atoms with Crippen molar-refractivity contribution in [2.45, 2.75) is 13.3 Å². The molecule has 0 saturated carbocycles. The summed E-state index contributed by atoms with van der Waals surface area (Å²) in [6.45, 7) is 7.35. The van der Waals surface area contributed by atoms with Crippen LogP contribution in [0.3, 0.4) is 0 Å². The van der Waals surface area contributed by atoms with Gasteiger partial charge in [-0.3, -0.25) is 4.90 Å². The van der Waals surface area contributed by atoms with Crippen molar-refractivity contribution < 1.29 is 5.11 Å². The number of hydrogen-bond acceptors (Lipinski definition) is 5. The highest BCUT2D eigenvalue weighted by Crippen LogP contribution is 2.31. The molecule has 1 aliphatic heterocycles. The number of hydrogen-bond donors (Lipinski definition) is 2. The summed E-state index contributed by atoms with van der Waals surface area (Å²) in [5, 5.41) is 13.3. The molecule has 118 valence electrons. The highest BCUT2D eigenvalue weighted by atomic mass is 35.5. The zero-order valence-corrected chi connectivity index (χ0v) is 13.8. The van der Waals surface area contributed by atoms with Crippen LogP contribution in [0.25, 0.3) is 0 Å². The lowest BCUT2D eigenvalue weighted by Crippen LogP contribution is -2.47. The summed E-state index contributed by atoms with van der Waals surface area (Å²) < 4.78 is 0. The molecule has 0 aromatic carbocycles. The predicted molar refractivity (Wildman–Crippen MR) is 88.8 cm³/mol. The van der Waals surface area contributed by atoms with Crippen LogP contribution in [-0.2, 0) is 0 Å². The second-order valence-electron chi connectivity index (χ2n) is 5.10. The van der Waals surface area contributed by atoms with Crippen LogP contribution in [0.1, 0.15) is 13.3 Å². The number of nitrogens with zero attached hydrogens (tertiary/aromatic N) is 3. The van der Waals surface area contributed by atoms with Gasteiger partial charge in [-0.25, -0.2) is 4.98 Å². The summed E-state index contributed by atoms with van der Waals surface area (Å²) in [6.07, 6.45) is 1.01. The molecule has 7 heteroatoms. The zero-order valence-electron chi connectivity index (χ0n) is 12.3. The third-order valence-corrected chi connectivity index (χ3v) is 4.11. The Morgan fingerprint density at radius 2 is 1.95 bits per heavy atom. The number of pyridine rings is 1. The van der Waals surface area contributed by atoms with E-state index in [2.05, 4.69) is 27.0 Å². The topological polar surface area (TPSA) is 51.6 Å². The maximum atomic E-state index is 8.98. The molecular weight excluding hydrogens is 311 g/mol. The van der Waals surface area contributed by atoms with Gasteiger partial charge in [0.05, 0.1) is 16.7 Å². The lowest BCUT2D eigenvalue weighted by molar-refractivity contribution is 0.188. The molecule has 1 aromatic rings. The molecule has 1 aromatic heterocycles. The normalized spacial score (nSPS) is 16.3. The number of nitrogens with one attached hydrogen (secondary N) is 1. The summed E-state index contributed by atoms with van der Waals surface area (Å²) in [7, 11) is 0. The minimum atomic E-state index is 0.199. The number of rotatable bonds is 6. The van der Waals surface area contributed by atoms with E-state index in [1.54, 1.807) is 6.07 Å². The number of β-amino-alcohol motifs (C(OH)–C–C–N with tert-alkyl or cyclic N) is 1. The monoisotopic (exact) mass is 332 g/mol. The number of aliphatic hydroxyl groups excluding tert-OH is 1. The molecule has 0 spiro atoms. The average Bonchev–Trinajstić information content (AvgIpc) is 2.48. The summed E-state index contributed by atoms with van der Waals surface area (Å²) in [6, 6.07) is 1.75. The maximum Gasteiger partial charge on any atom is 0.150 e. The van der Waals surface area contributed by atoms with Crippen molar-refractivity contribution in [3.63, 3.8) is 0 Å². The molecule has 21 heavy (non-hydrogen) atoms. The van der Waals surface area contributed by atoms with E-state index < -0.39 is 0 Å². The van der Waals surface area contributed by atoms with Crippen molar-refractivity contribution in [1.82, 2.24) is 9.88 Å². The molecule has 0 aliphatic carbocycles. The zero-order chi connectivity index (χ0) is 15.2. The van der Waals surface area contributed by atoms with Gasteiger partial charge >= 0.3 is 0 Å². The van der Waals surface area contributed by atoms with Gasteiger partial charge in [-0.1, -0.05) is 30.1 Å². The Labute approximate surface area is 135 Å². The molecule has 0 bridgehead atoms. The number of aromatic nitrogens is 1. The lowest BCUT2D eigenvalue weighted by Gasteiger charge is -2.35. The fourth-order valence-electron chi connectivity index (χ4n) is 2.37. The van der Waals surface area contributed by atoms with E-state index in [1.165, 1.54) is 0 Å². The minimum absolute atomic E-state index is 0.199. The molecule has 1 aliphatic rings. The first-order chi connectivity index (χ1) is 10.2. The van der Waals surface area contributed by atoms with Gasteiger partial charge in [0.1, 0.15) is 11.6 Å². The van der Waals surface area contributed by atoms with Crippen LogP contribution in [-0.4, -0.2) is 60.9 Å². The van der Waals surface area contributed by atoms with Gasteiger partial charge in [0, 0.05) is 39.3 Å². The third-order valence-electron chi connectivity index (χ3n) is 3.54. The molecule has 2 N–H and O–H groups in total. The van der Waals surface area contributed by atoms with Crippen molar-refractivity contribution in [3.05, 3.63) is 16.1 Å². The Kier molecular flexibility index (Phi) is 6.36. The average molecular weight is 333 g/mol. The van der Waals surface area contributed by atoms with Gasteiger partial charge < -0.3 is 15.3 Å². The molecule has 2 heterocycles.